The van der Waals surface area contributed by atoms with E-state index in [1.165, 1.54) is 0 Å². The van der Waals surface area contributed by atoms with E-state index < -0.39 is 24.1 Å². The Balaban J connectivity index is 1.20. The fraction of sp³-hybridized carbons (Fsp3) is 0.576. The van der Waals surface area contributed by atoms with E-state index in [9.17, 15) is 26.3 Å². The summed E-state index contributed by atoms with van der Waals surface area (Å²) in [5, 5.41) is 0. The molecule has 41 heavy (non-hydrogen) atoms. The summed E-state index contributed by atoms with van der Waals surface area (Å²) in [5.41, 5.74) is 1.91. The van der Waals surface area contributed by atoms with Crippen molar-refractivity contribution < 1.29 is 35.8 Å². The highest BCUT2D eigenvalue weighted by Crippen LogP contribution is 2.42. The van der Waals surface area contributed by atoms with Gasteiger partial charge in [0.25, 0.3) is 0 Å². The maximum absolute atomic E-state index is 14.8. The predicted molar refractivity (Wildman–Crippen MR) is 148 cm³/mol. The van der Waals surface area contributed by atoms with Crippen molar-refractivity contribution in [3.8, 4) is 11.5 Å². The number of aryl methyl sites for hydroxylation is 1. The quantitative estimate of drug-likeness (QED) is 0.149. The first-order valence-corrected chi connectivity index (χ1v) is 14.9. The zero-order chi connectivity index (χ0) is 29.5. The number of benzene rings is 2. The van der Waals surface area contributed by atoms with Crippen LogP contribution in [0.1, 0.15) is 94.6 Å². The number of hydrogen-bond donors (Lipinski definition) is 0. The van der Waals surface area contributed by atoms with Gasteiger partial charge in [-0.2, -0.15) is 8.78 Å². The first-order chi connectivity index (χ1) is 19.5. The Morgan fingerprint density at radius 1 is 0.732 bits per heavy atom. The highest BCUT2D eigenvalue weighted by atomic mass is 19.4. The van der Waals surface area contributed by atoms with E-state index in [0.29, 0.717) is 31.6 Å². The van der Waals surface area contributed by atoms with Gasteiger partial charge in [-0.25, -0.2) is 4.39 Å². The van der Waals surface area contributed by atoms with Crippen LogP contribution in [-0.2, 0) is 6.42 Å². The summed E-state index contributed by atoms with van der Waals surface area (Å²) < 4.78 is 89.9. The molecule has 0 amide bonds. The summed E-state index contributed by atoms with van der Waals surface area (Å²) in [5.74, 6) is -0.830. The summed E-state index contributed by atoms with van der Waals surface area (Å²) in [6, 6.07) is 9.78. The van der Waals surface area contributed by atoms with Crippen molar-refractivity contribution in [2.24, 2.45) is 17.8 Å². The van der Waals surface area contributed by atoms with Gasteiger partial charge in [0.05, 0.1) is 5.92 Å². The Hall–Kier alpha value is -2.64. The zero-order valence-electron chi connectivity index (χ0n) is 23.6. The lowest BCUT2D eigenvalue weighted by Gasteiger charge is -2.32. The number of alkyl halides is 5. The average molecular weight is 583 g/mol. The molecule has 4 rings (SSSR count). The molecule has 0 unspecified atom stereocenters. The van der Waals surface area contributed by atoms with Gasteiger partial charge in [-0.15, -0.1) is 13.2 Å². The molecule has 0 radical (unpaired) electrons. The highest BCUT2D eigenvalue weighted by Gasteiger charge is 2.43. The molecule has 0 saturated heterocycles. The Bertz CT molecular complexity index is 1110. The third kappa shape index (κ3) is 9.44. The van der Waals surface area contributed by atoms with E-state index >= 15 is 0 Å². The van der Waals surface area contributed by atoms with E-state index in [0.717, 1.165) is 86.8 Å². The molecule has 0 aliphatic heterocycles. The molecular weight excluding hydrogens is 542 g/mol. The Labute approximate surface area is 239 Å². The highest BCUT2D eigenvalue weighted by molar-refractivity contribution is 5.31. The molecule has 2 aliphatic carbocycles. The number of allylic oxidation sites excluding steroid dienone is 2. The Morgan fingerprint density at radius 2 is 1.29 bits per heavy atom. The fourth-order valence-corrected chi connectivity index (χ4v) is 6.17. The van der Waals surface area contributed by atoms with Crippen molar-refractivity contribution in [2.45, 2.75) is 102 Å². The number of ether oxygens (including phenoxy) is 2. The van der Waals surface area contributed by atoms with E-state index in [2.05, 4.69) is 29.9 Å². The molecule has 0 aromatic heterocycles. The fourth-order valence-electron chi connectivity index (χ4n) is 6.17. The van der Waals surface area contributed by atoms with Gasteiger partial charge in [0.2, 0.25) is 0 Å². The lowest BCUT2D eigenvalue weighted by molar-refractivity contribution is -0.274. The maximum Gasteiger partial charge on any atom is 0.573 e. The molecule has 2 fully saturated rings. The van der Waals surface area contributed by atoms with E-state index in [1.54, 1.807) is 6.07 Å². The van der Waals surface area contributed by atoms with Crippen molar-refractivity contribution >= 4 is 0 Å². The molecule has 8 heteroatoms. The van der Waals surface area contributed by atoms with Gasteiger partial charge in [-0.05, 0) is 123 Å². The van der Waals surface area contributed by atoms with E-state index in [-0.39, 0.29) is 23.4 Å². The van der Waals surface area contributed by atoms with Gasteiger partial charge in [0, 0.05) is 0 Å². The second-order valence-electron chi connectivity index (χ2n) is 11.6. The minimum Gasteiger partial charge on any atom is -0.432 e. The van der Waals surface area contributed by atoms with Crippen LogP contribution in [-0.4, -0.2) is 12.5 Å². The summed E-state index contributed by atoms with van der Waals surface area (Å²) in [6.07, 6.45) is 6.20. The van der Waals surface area contributed by atoms with E-state index in [1.807, 2.05) is 6.07 Å². The van der Waals surface area contributed by atoms with Crippen molar-refractivity contribution in [2.75, 3.05) is 0 Å². The van der Waals surface area contributed by atoms with Crippen LogP contribution in [0, 0.1) is 23.6 Å². The zero-order valence-corrected chi connectivity index (χ0v) is 23.6. The molecule has 0 spiro atoms. The van der Waals surface area contributed by atoms with Crippen LogP contribution < -0.4 is 9.47 Å². The first kappa shape index (κ1) is 31.3. The maximum atomic E-state index is 14.8. The standard InChI is InChI=1S/C33H40F6O2/c1-2-3-4-5-25-12-21-30(31(34)22-25)26-13-8-23(9-14-26)6-7-24-10-15-27(16-11-24)32(35,36)40-28-17-19-29(20-18-28)41-33(37,38)39/h6-7,12,17-24,26-27H,2-5,8-11,13-16H2,1H3/b7-6+. The molecule has 2 aromatic carbocycles. The molecule has 0 N–H and O–H groups in total. The number of halogens is 6. The van der Waals surface area contributed by atoms with Crippen LogP contribution in [0.2, 0.25) is 0 Å². The molecule has 0 bridgehead atoms. The van der Waals surface area contributed by atoms with Gasteiger partial charge in [0.15, 0.2) is 0 Å². The van der Waals surface area contributed by atoms with Crippen LogP contribution in [0.5, 0.6) is 11.5 Å². The van der Waals surface area contributed by atoms with Gasteiger partial charge < -0.3 is 9.47 Å². The normalized spacial score (nSPS) is 24.0. The number of unbranched alkanes of at least 4 members (excludes halogenated alkanes) is 2. The van der Waals surface area contributed by atoms with Crippen molar-refractivity contribution in [3.63, 3.8) is 0 Å². The SMILES string of the molecule is CCCCCc1ccc(C2CCC(/C=C/C3CCC(C(F)(F)Oc4ccc(OC(F)(F)F)cc4)CC3)CC2)c(F)c1. The molecule has 2 nitrogen and oxygen atoms in total. The third-order valence-electron chi connectivity index (χ3n) is 8.56. The Kier molecular flexibility index (Phi) is 10.7. The van der Waals surface area contributed by atoms with Gasteiger partial charge in [0.1, 0.15) is 17.3 Å². The minimum absolute atomic E-state index is 0.0805. The Morgan fingerprint density at radius 3 is 1.83 bits per heavy atom. The lowest BCUT2D eigenvalue weighted by Crippen LogP contribution is -2.37. The van der Waals surface area contributed by atoms with Crippen LogP contribution in [0.15, 0.2) is 54.6 Å². The summed E-state index contributed by atoms with van der Waals surface area (Å²) >= 11 is 0. The lowest BCUT2D eigenvalue weighted by atomic mass is 9.77. The molecule has 0 atom stereocenters. The minimum atomic E-state index is -4.85. The second kappa shape index (κ2) is 14.0. The number of hydrogen-bond acceptors (Lipinski definition) is 2. The summed E-state index contributed by atoms with van der Waals surface area (Å²) in [6.45, 7) is 2.16. The van der Waals surface area contributed by atoms with Crippen molar-refractivity contribution in [1.82, 2.24) is 0 Å². The van der Waals surface area contributed by atoms with Gasteiger partial charge >= 0.3 is 12.5 Å². The van der Waals surface area contributed by atoms with Crippen LogP contribution in [0.3, 0.4) is 0 Å². The van der Waals surface area contributed by atoms with Crippen LogP contribution in [0.4, 0.5) is 26.3 Å². The van der Waals surface area contributed by atoms with Gasteiger partial charge in [-0.3, -0.25) is 0 Å². The molecular formula is C33H40F6O2. The third-order valence-corrected chi connectivity index (χ3v) is 8.56. The molecule has 2 aromatic rings. The summed E-state index contributed by atoms with van der Waals surface area (Å²) in [7, 11) is 0. The summed E-state index contributed by atoms with van der Waals surface area (Å²) in [4.78, 5) is 0. The van der Waals surface area contributed by atoms with Gasteiger partial charge in [-0.1, -0.05) is 44.1 Å². The average Bonchev–Trinajstić information content (AvgIpc) is 2.93. The van der Waals surface area contributed by atoms with E-state index in [4.69, 9.17) is 4.74 Å². The smallest absolute Gasteiger partial charge is 0.432 e. The molecule has 226 valence electrons. The van der Waals surface area contributed by atoms with Crippen molar-refractivity contribution in [1.29, 1.82) is 0 Å². The number of rotatable bonds is 11. The largest absolute Gasteiger partial charge is 0.573 e. The van der Waals surface area contributed by atoms with Crippen LogP contribution >= 0.6 is 0 Å². The molecule has 2 saturated carbocycles. The monoisotopic (exact) mass is 582 g/mol. The second-order valence-corrected chi connectivity index (χ2v) is 11.6. The topological polar surface area (TPSA) is 18.5 Å². The van der Waals surface area contributed by atoms with Crippen molar-refractivity contribution in [3.05, 3.63) is 71.6 Å². The molecule has 0 heterocycles. The molecule has 2 aliphatic rings. The first-order valence-electron chi connectivity index (χ1n) is 14.9. The van der Waals surface area contributed by atoms with Crippen LogP contribution in [0.25, 0.3) is 0 Å². The predicted octanol–water partition coefficient (Wildman–Crippen LogP) is 10.8.